The van der Waals surface area contributed by atoms with E-state index in [1.54, 1.807) is 0 Å². The van der Waals surface area contributed by atoms with Gasteiger partial charge >= 0.3 is 0 Å². The maximum absolute atomic E-state index is 9.24. The van der Waals surface area contributed by atoms with Crippen molar-refractivity contribution in [3.05, 3.63) is 23.5 Å². The van der Waals surface area contributed by atoms with Gasteiger partial charge in [-0.3, -0.25) is 4.68 Å². The minimum Gasteiger partial charge on any atom is -0.392 e. The summed E-state index contributed by atoms with van der Waals surface area (Å²) in [5.41, 5.74) is 3.33. The number of aliphatic hydroxyl groups is 1. The van der Waals surface area contributed by atoms with E-state index in [0.717, 1.165) is 23.3 Å². The molecule has 0 aliphatic carbocycles. The van der Waals surface area contributed by atoms with Crippen molar-refractivity contribution in [2.24, 2.45) is 0 Å². The van der Waals surface area contributed by atoms with Crippen LogP contribution in [0.4, 0.5) is 0 Å². The highest BCUT2D eigenvalue weighted by atomic mass is 16.3. The van der Waals surface area contributed by atoms with Crippen molar-refractivity contribution in [2.75, 3.05) is 6.61 Å². The molecule has 0 aliphatic heterocycles. The predicted molar refractivity (Wildman–Crippen MR) is 62.6 cm³/mol. The minimum atomic E-state index is 0.131. The molecule has 1 N–H and O–H groups in total. The predicted octanol–water partition coefficient (Wildman–Crippen LogP) is 2.64. The van der Waals surface area contributed by atoms with Gasteiger partial charge in [0.2, 0.25) is 0 Å². The second-order valence-electron chi connectivity index (χ2n) is 3.99. The number of hydrogen-bond donors (Lipinski definition) is 1. The van der Waals surface area contributed by atoms with Gasteiger partial charge in [0.1, 0.15) is 0 Å². The lowest BCUT2D eigenvalue weighted by molar-refractivity contribution is 0.328. The fraction of sp³-hybridized carbons (Fsp3) is 0.583. The van der Waals surface area contributed by atoms with Gasteiger partial charge in [0.05, 0.1) is 12.3 Å². The molecule has 1 rings (SSSR count). The normalized spacial score (nSPS) is 13.2. The lowest BCUT2D eigenvalue weighted by atomic mass is 10.0. The molecule has 84 valence electrons. The largest absolute Gasteiger partial charge is 0.392 e. The third-order valence-corrected chi connectivity index (χ3v) is 2.69. The van der Waals surface area contributed by atoms with Crippen LogP contribution in [0, 0.1) is 0 Å². The summed E-state index contributed by atoms with van der Waals surface area (Å²) >= 11 is 0. The van der Waals surface area contributed by atoms with E-state index >= 15 is 0 Å². The molecular formula is C12H20N2O. The van der Waals surface area contributed by atoms with Gasteiger partial charge in [0, 0.05) is 12.2 Å². The zero-order valence-electron chi connectivity index (χ0n) is 9.99. The minimum absolute atomic E-state index is 0.131. The van der Waals surface area contributed by atoms with Gasteiger partial charge < -0.3 is 5.11 Å². The van der Waals surface area contributed by atoms with Gasteiger partial charge in [-0.1, -0.05) is 6.92 Å². The van der Waals surface area contributed by atoms with Crippen LogP contribution in [0.25, 0.3) is 5.57 Å². The zero-order chi connectivity index (χ0) is 11.4. The van der Waals surface area contributed by atoms with Gasteiger partial charge in [-0.15, -0.1) is 0 Å². The Balaban J connectivity index is 3.15. The summed E-state index contributed by atoms with van der Waals surface area (Å²) in [5, 5.41) is 13.5. The number of allylic oxidation sites excluding steroid dienone is 1. The number of rotatable bonds is 4. The van der Waals surface area contributed by atoms with Crippen LogP contribution < -0.4 is 0 Å². The Morgan fingerprint density at radius 1 is 1.53 bits per heavy atom. The number of nitrogens with zero attached hydrogens (tertiary/aromatic N) is 2. The number of hydrogen-bond acceptors (Lipinski definition) is 2. The summed E-state index contributed by atoms with van der Waals surface area (Å²) in [6, 6.07) is 2.35. The first-order valence-electron chi connectivity index (χ1n) is 5.45. The SMILES string of the molecule is CC/C(CO)=C(\C)c1ccnn1C(C)C. The molecule has 0 aromatic carbocycles. The monoisotopic (exact) mass is 208 g/mol. The Labute approximate surface area is 91.4 Å². The van der Waals surface area contributed by atoms with E-state index in [1.165, 1.54) is 0 Å². The van der Waals surface area contributed by atoms with E-state index < -0.39 is 0 Å². The smallest absolute Gasteiger partial charge is 0.0648 e. The van der Waals surface area contributed by atoms with Crippen molar-refractivity contribution in [2.45, 2.75) is 40.2 Å². The highest BCUT2D eigenvalue weighted by Gasteiger charge is 2.10. The maximum atomic E-state index is 9.24. The van der Waals surface area contributed by atoms with Crippen molar-refractivity contribution in [1.82, 2.24) is 9.78 Å². The molecule has 15 heavy (non-hydrogen) atoms. The van der Waals surface area contributed by atoms with Crippen LogP contribution in [0.2, 0.25) is 0 Å². The summed E-state index contributed by atoms with van der Waals surface area (Å²) in [4.78, 5) is 0. The number of aromatic nitrogens is 2. The molecule has 0 spiro atoms. The second-order valence-corrected chi connectivity index (χ2v) is 3.99. The van der Waals surface area contributed by atoms with Crippen molar-refractivity contribution >= 4 is 5.57 Å². The average molecular weight is 208 g/mol. The molecule has 0 saturated carbocycles. The molecule has 0 atom stereocenters. The van der Waals surface area contributed by atoms with Crippen molar-refractivity contribution < 1.29 is 5.11 Å². The van der Waals surface area contributed by atoms with E-state index in [4.69, 9.17) is 0 Å². The quantitative estimate of drug-likeness (QED) is 0.826. The molecular weight excluding hydrogens is 188 g/mol. The first kappa shape index (κ1) is 12.0. The lowest BCUT2D eigenvalue weighted by Gasteiger charge is -2.13. The lowest BCUT2D eigenvalue weighted by Crippen LogP contribution is -2.07. The molecule has 0 bridgehead atoms. The highest BCUT2D eigenvalue weighted by molar-refractivity contribution is 5.64. The highest BCUT2D eigenvalue weighted by Crippen LogP contribution is 2.22. The summed E-state index contributed by atoms with van der Waals surface area (Å²) in [5.74, 6) is 0. The van der Waals surface area contributed by atoms with Gasteiger partial charge in [-0.2, -0.15) is 5.10 Å². The third kappa shape index (κ3) is 2.48. The van der Waals surface area contributed by atoms with E-state index in [1.807, 2.05) is 23.9 Å². The first-order chi connectivity index (χ1) is 7.11. The van der Waals surface area contributed by atoms with Crippen molar-refractivity contribution in [3.63, 3.8) is 0 Å². The molecule has 0 radical (unpaired) electrons. The van der Waals surface area contributed by atoms with Gasteiger partial charge in [0.15, 0.2) is 0 Å². The molecule has 0 aliphatic rings. The van der Waals surface area contributed by atoms with Crippen LogP contribution in [0.1, 0.15) is 45.9 Å². The van der Waals surface area contributed by atoms with Crippen LogP contribution >= 0.6 is 0 Å². The van der Waals surface area contributed by atoms with Crippen molar-refractivity contribution in [3.8, 4) is 0 Å². The van der Waals surface area contributed by atoms with Crippen LogP contribution in [0.15, 0.2) is 17.8 Å². The van der Waals surface area contributed by atoms with Crippen LogP contribution in [-0.2, 0) is 0 Å². The molecule has 1 aromatic rings. The summed E-state index contributed by atoms with van der Waals surface area (Å²) in [6.45, 7) is 8.45. The molecule has 1 aromatic heterocycles. The van der Waals surface area contributed by atoms with Crippen LogP contribution in [-0.4, -0.2) is 21.5 Å². The summed E-state index contributed by atoms with van der Waals surface area (Å²) in [6.07, 6.45) is 2.69. The fourth-order valence-corrected chi connectivity index (χ4v) is 1.70. The Morgan fingerprint density at radius 3 is 2.67 bits per heavy atom. The summed E-state index contributed by atoms with van der Waals surface area (Å²) in [7, 11) is 0. The molecule has 0 unspecified atom stereocenters. The fourth-order valence-electron chi connectivity index (χ4n) is 1.70. The van der Waals surface area contributed by atoms with Gasteiger partial charge in [-0.05, 0) is 44.4 Å². The average Bonchev–Trinajstić information content (AvgIpc) is 2.67. The standard InChI is InChI=1S/C12H20N2O/c1-5-11(8-15)10(4)12-6-7-13-14(12)9(2)3/h6-7,9,15H,5,8H2,1-4H3/b11-10-. The van der Waals surface area contributed by atoms with Crippen LogP contribution in [0.3, 0.4) is 0 Å². The maximum Gasteiger partial charge on any atom is 0.0648 e. The van der Waals surface area contributed by atoms with E-state index in [9.17, 15) is 5.11 Å². The molecule has 0 saturated heterocycles. The first-order valence-corrected chi connectivity index (χ1v) is 5.45. The zero-order valence-corrected chi connectivity index (χ0v) is 9.99. The second kappa shape index (κ2) is 5.12. The Hall–Kier alpha value is -1.09. The molecule has 3 heteroatoms. The van der Waals surface area contributed by atoms with Gasteiger partial charge in [0.25, 0.3) is 0 Å². The summed E-state index contributed by atoms with van der Waals surface area (Å²) < 4.78 is 1.99. The Kier molecular flexibility index (Phi) is 4.09. The topological polar surface area (TPSA) is 38.1 Å². The van der Waals surface area contributed by atoms with E-state index in [2.05, 4.69) is 25.9 Å². The van der Waals surface area contributed by atoms with Crippen LogP contribution in [0.5, 0.6) is 0 Å². The number of aliphatic hydroxyl groups excluding tert-OH is 1. The van der Waals surface area contributed by atoms with E-state index in [0.29, 0.717) is 6.04 Å². The molecule has 3 nitrogen and oxygen atoms in total. The molecule has 1 heterocycles. The Bertz CT molecular complexity index is 344. The molecule has 0 fully saturated rings. The Morgan fingerprint density at radius 2 is 2.20 bits per heavy atom. The third-order valence-electron chi connectivity index (χ3n) is 2.69. The van der Waals surface area contributed by atoms with Gasteiger partial charge in [-0.25, -0.2) is 0 Å². The molecule has 0 amide bonds. The van der Waals surface area contributed by atoms with E-state index in [-0.39, 0.29) is 6.61 Å². The van der Waals surface area contributed by atoms with Crippen molar-refractivity contribution in [1.29, 1.82) is 0 Å².